The van der Waals surface area contributed by atoms with E-state index in [1.807, 2.05) is 0 Å². The molecule has 0 rings (SSSR count). The molecule has 0 amide bonds. The fourth-order valence-corrected chi connectivity index (χ4v) is 5.98. The van der Waals surface area contributed by atoms with Gasteiger partial charge in [0.2, 0.25) is 7.37 Å². The number of hydrogen-bond donors (Lipinski definition) is 6. The van der Waals surface area contributed by atoms with Gasteiger partial charge in [0.1, 0.15) is 36.6 Å². The van der Waals surface area contributed by atoms with Gasteiger partial charge in [0, 0.05) is 26.0 Å². The summed E-state index contributed by atoms with van der Waals surface area (Å²) in [5.41, 5.74) is 0. The van der Waals surface area contributed by atoms with Crippen LogP contribution in [0.3, 0.4) is 0 Å². The summed E-state index contributed by atoms with van der Waals surface area (Å²) >= 11 is 0. The van der Waals surface area contributed by atoms with Crippen LogP contribution in [-0.2, 0) is 61.0 Å². The highest BCUT2D eigenvalue weighted by Gasteiger charge is 2.21. The first-order valence-electron chi connectivity index (χ1n) is 21.4. The first-order chi connectivity index (χ1) is 29.4. The molecule has 0 radical (unpaired) electrons. The van der Waals surface area contributed by atoms with Gasteiger partial charge >= 0.3 is 7.60 Å². The Labute approximate surface area is 371 Å². The normalized spacial score (nSPS) is 16.0. The lowest BCUT2D eigenvalue weighted by molar-refractivity contribution is -0.119. The molecule has 372 valence electrons. The van der Waals surface area contributed by atoms with Gasteiger partial charge in [0.15, 0.2) is 0 Å². The maximum atomic E-state index is 12.2. The minimum Gasteiger partial charge on any atom is -0.394 e. The molecule has 0 aliphatic carbocycles. The molecule has 0 heterocycles. The third-order valence-corrected chi connectivity index (χ3v) is 10.6. The summed E-state index contributed by atoms with van der Waals surface area (Å²) in [7, 11) is -6.81. The number of hydrogen-bond acceptors (Lipinski definition) is 17. The van der Waals surface area contributed by atoms with Gasteiger partial charge in [-0.2, -0.15) is 0 Å². The molecular weight excluding hydrogens is 858 g/mol. The first kappa shape index (κ1) is 63.3. The molecule has 0 spiro atoms. The molecule has 6 N–H and O–H groups in total. The second-order valence-electron chi connectivity index (χ2n) is 15.4. The summed E-state index contributed by atoms with van der Waals surface area (Å²) in [5.74, 6) is 1.09. The van der Waals surface area contributed by atoms with Gasteiger partial charge in [0.25, 0.3) is 0 Å². The lowest BCUT2D eigenvalue weighted by Crippen LogP contribution is -2.35. The zero-order chi connectivity index (χ0) is 47.1. The van der Waals surface area contributed by atoms with Gasteiger partial charge < -0.3 is 82.1 Å². The van der Waals surface area contributed by atoms with Crippen LogP contribution in [0.25, 0.3) is 0 Å². The van der Waals surface area contributed by atoms with Crippen molar-refractivity contribution in [2.24, 2.45) is 11.8 Å². The maximum Gasteiger partial charge on any atom is 0.327 e. The van der Waals surface area contributed by atoms with Crippen molar-refractivity contribution in [3.05, 3.63) is 25.3 Å². The molecule has 0 aromatic heterocycles. The quantitative estimate of drug-likeness (QED) is 0.0292. The topological polar surface area (TPSA) is 257 Å². The van der Waals surface area contributed by atoms with Crippen molar-refractivity contribution in [2.75, 3.05) is 145 Å². The SMILES string of the molecule is C=CCOCC(COCCC(C)C)OCC(COCCP(=O)(O)O)OCC(O)CO.C=CCOCC(COCCC(C)C)OCC(COCCP(C)(=O)OCC)OCC(O)CO. The third-order valence-electron chi connectivity index (χ3n) is 8.05. The van der Waals surface area contributed by atoms with Crippen molar-refractivity contribution in [3.8, 4) is 0 Å². The van der Waals surface area contributed by atoms with E-state index < -0.39 is 58.8 Å². The van der Waals surface area contributed by atoms with E-state index in [0.717, 1.165) is 12.8 Å². The molecule has 62 heavy (non-hydrogen) atoms. The first-order valence-corrected chi connectivity index (χ1v) is 25.4. The zero-order valence-corrected chi connectivity index (χ0v) is 40.1. The summed E-state index contributed by atoms with van der Waals surface area (Å²) in [4.78, 5) is 17.8. The standard InChI is InChI=1S/C22H45O9P.C19H39O10P/c1-6-9-26-15-21(16-27-10-8-19(3)4)30-18-22(29-14-20(24)13-23)17-28-11-12-32(5,25)31-7-2;1-4-6-25-12-18(13-26-7-5-16(2)3)29-15-19(28-11-17(21)10-20)14-27-8-9-30(22,23)24/h6,19-24H,1,7-18H2,2-5H3;4,16-21H,1,5-15H2,2-3H3,(H2,22,23,24). The van der Waals surface area contributed by atoms with Crippen molar-refractivity contribution < 1.29 is 91.2 Å². The summed E-state index contributed by atoms with van der Waals surface area (Å²) in [6.07, 6.45) is 1.29. The van der Waals surface area contributed by atoms with Gasteiger partial charge in [-0.1, -0.05) is 39.8 Å². The van der Waals surface area contributed by atoms with Gasteiger partial charge in [0.05, 0.1) is 118 Å². The molecule has 0 aromatic rings. The largest absolute Gasteiger partial charge is 0.394 e. The molecule has 0 fully saturated rings. The van der Waals surface area contributed by atoms with Crippen LogP contribution < -0.4 is 0 Å². The van der Waals surface area contributed by atoms with Crippen LogP contribution in [0.4, 0.5) is 0 Å². The van der Waals surface area contributed by atoms with Crippen LogP contribution in [0, 0.1) is 11.8 Å². The average Bonchev–Trinajstić information content (AvgIpc) is 3.21. The minimum absolute atomic E-state index is 0.00654. The lowest BCUT2D eigenvalue weighted by atomic mass is 10.1. The van der Waals surface area contributed by atoms with Crippen molar-refractivity contribution in [1.29, 1.82) is 0 Å². The molecule has 0 bridgehead atoms. The van der Waals surface area contributed by atoms with E-state index in [-0.39, 0.29) is 65.1 Å². The fraction of sp³-hybridized carbons (Fsp3) is 0.902. The van der Waals surface area contributed by atoms with Gasteiger partial charge in [-0.15, -0.1) is 13.2 Å². The van der Waals surface area contributed by atoms with Crippen LogP contribution in [0.1, 0.15) is 47.5 Å². The smallest absolute Gasteiger partial charge is 0.327 e. The average molecular weight is 943 g/mol. The fourth-order valence-electron chi connectivity index (χ4n) is 4.48. The maximum absolute atomic E-state index is 12.2. The van der Waals surface area contributed by atoms with Gasteiger partial charge in [-0.3, -0.25) is 9.13 Å². The number of aliphatic hydroxyl groups excluding tert-OH is 4. The third kappa shape index (κ3) is 44.5. The Morgan fingerprint density at radius 3 is 1.21 bits per heavy atom. The highest BCUT2D eigenvalue weighted by molar-refractivity contribution is 7.58. The molecule has 7 atom stereocenters. The second-order valence-corrected chi connectivity index (χ2v) is 19.9. The van der Waals surface area contributed by atoms with Crippen molar-refractivity contribution >= 4 is 15.0 Å². The van der Waals surface area contributed by atoms with Crippen LogP contribution in [0.15, 0.2) is 25.3 Å². The monoisotopic (exact) mass is 943 g/mol. The summed E-state index contributed by atoms with van der Waals surface area (Å²) in [5, 5.41) is 37.0. The molecule has 0 aromatic carbocycles. The Bertz CT molecular complexity index is 1110. The van der Waals surface area contributed by atoms with E-state index in [0.29, 0.717) is 77.5 Å². The van der Waals surface area contributed by atoms with Gasteiger partial charge in [-0.05, 0) is 31.6 Å². The highest BCUT2D eigenvalue weighted by Crippen LogP contribution is 2.41. The van der Waals surface area contributed by atoms with Gasteiger partial charge in [-0.25, -0.2) is 0 Å². The molecule has 21 heteroatoms. The molecule has 7 unspecified atom stereocenters. The molecule has 0 aliphatic heterocycles. The van der Waals surface area contributed by atoms with Crippen molar-refractivity contribution in [2.45, 2.75) is 84.1 Å². The van der Waals surface area contributed by atoms with E-state index in [1.165, 1.54) is 0 Å². The predicted octanol–water partition coefficient (Wildman–Crippen LogP) is 2.91. The van der Waals surface area contributed by atoms with E-state index in [4.69, 9.17) is 71.9 Å². The Hall–Kier alpha value is -0.740. The number of ether oxygens (including phenoxy) is 10. The molecule has 0 saturated carbocycles. The van der Waals surface area contributed by atoms with Crippen LogP contribution >= 0.6 is 15.0 Å². The van der Waals surface area contributed by atoms with Crippen molar-refractivity contribution in [3.63, 3.8) is 0 Å². The summed E-state index contributed by atoms with van der Waals surface area (Å²) in [6.45, 7) is 22.4. The molecule has 19 nitrogen and oxygen atoms in total. The highest BCUT2D eigenvalue weighted by atomic mass is 31.2. The predicted molar refractivity (Wildman–Crippen MR) is 236 cm³/mol. The Kier molecular flexibility index (Phi) is 42.6. The van der Waals surface area contributed by atoms with Crippen LogP contribution in [0.5, 0.6) is 0 Å². The van der Waals surface area contributed by atoms with Crippen molar-refractivity contribution in [1.82, 2.24) is 0 Å². The molecule has 0 saturated heterocycles. The van der Waals surface area contributed by atoms with E-state index in [2.05, 4.69) is 40.9 Å². The zero-order valence-electron chi connectivity index (χ0n) is 38.3. The number of aliphatic hydroxyl groups is 4. The molecule has 0 aliphatic rings. The van der Waals surface area contributed by atoms with Crippen LogP contribution in [0.2, 0.25) is 0 Å². The summed E-state index contributed by atoms with van der Waals surface area (Å²) in [6, 6.07) is 0. The Morgan fingerprint density at radius 2 is 0.871 bits per heavy atom. The van der Waals surface area contributed by atoms with E-state index in [9.17, 15) is 19.3 Å². The Balaban J connectivity index is 0. The van der Waals surface area contributed by atoms with Crippen LogP contribution in [-0.4, -0.2) is 211 Å². The second kappa shape index (κ2) is 41.7. The van der Waals surface area contributed by atoms with E-state index >= 15 is 0 Å². The molecular formula is C41H84O19P2. The summed E-state index contributed by atoms with van der Waals surface area (Å²) < 4.78 is 84.5. The minimum atomic E-state index is -4.14. The lowest BCUT2D eigenvalue weighted by Gasteiger charge is -2.24. The Morgan fingerprint density at radius 1 is 0.532 bits per heavy atom. The number of rotatable bonds is 44. The van der Waals surface area contributed by atoms with E-state index in [1.54, 1.807) is 25.7 Å².